The van der Waals surface area contributed by atoms with Gasteiger partial charge in [0.15, 0.2) is 42.7 Å². The van der Waals surface area contributed by atoms with Crippen molar-refractivity contribution < 1.29 is 71.7 Å². The first kappa shape index (κ1) is 69.1. The number of ketones is 2. The lowest BCUT2D eigenvalue weighted by atomic mass is 9.83. The van der Waals surface area contributed by atoms with Crippen LogP contribution in [-0.4, -0.2) is 87.3 Å². The summed E-state index contributed by atoms with van der Waals surface area (Å²) in [7, 11) is -13.7. The van der Waals surface area contributed by atoms with E-state index in [1.807, 2.05) is 85.7 Å². The van der Waals surface area contributed by atoms with Gasteiger partial charge in [-0.3, -0.25) is 9.59 Å². The summed E-state index contributed by atoms with van der Waals surface area (Å²) >= 11 is 12.4. The third kappa shape index (κ3) is 16.0. The van der Waals surface area contributed by atoms with Gasteiger partial charge in [0.25, 0.3) is 0 Å². The first-order valence-corrected chi connectivity index (χ1v) is 33.1. The second-order valence-corrected chi connectivity index (χ2v) is 29.6. The van der Waals surface area contributed by atoms with Gasteiger partial charge in [-0.2, -0.15) is 0 Å². The quantitative estimate of drug-likeness (QED) is 0.0493. The van der Waals surface area contributed by atoms with Crippen LogP contribution in [0, 0.1) is 0 Å². The summed E-state index contributed by atoms with van der Waals surface area (Å²) < 4.78 is 142. The molecule has 0 bridgehead atoms. The molecule has 0 saturated heterocycles. The Morgan fingerprint density at radius 3 is 1.36 bits per heavy atom. The van der Waals surface area contributed by atoms with Crippen molar-refractivity contribution in [3.63, 3.8) is 0 Å². The summed E-state index contributed by atoms with van der Waals surface area (Å²) in [6, 6.07) is 24.2. The minimum absolute atomic E-state index is 0. The molecule has 0 amide bonds. The summed E-state index contributed by atoms with van der Waals surface area (Å²) in [4.78, 5) is 25.6. The Morgan fingerprint density at radius 1 is 0.500 bits per heavy atom. The van der Waals surface area contributed by atoms with E-state index in [9.17, 15) is 62.3 Å². The molecule has 0 atom stereocenters. The number of aliphatic hydroxyl groups excluding tert-OH is 2. The van der Waals surface area contributed by atoms with E-state index in [0.717, 1.165) is 75.3 Å². The molecule has 1 heterocycles. The van der Waals surface area contributed by atoms with Crippen LogP contribution in [0.25, 0.3) is 22.3 Å². The molecule has 24 heteroatoms. The van der Waals surface area contributed by atoms with Gasteiger partial charge in [0.1, 0.15) is 11.5 Å². The Kier molecular flexibility index (Phi) is 22.5. The normalized spacial score (nSPS) is 13.3. The van der Waals surface area contributed by atoms with E-state index in [4.69, 9.17) is 23.2 Å². The number of fused-ring (bicyclic) bond motifs is 1. The van der Waals surface area contributed by atoms with Crippen molar-refractivity contribution in [1.29, 1.82) is 0 Å². The summed E-state index contributed by atoms with van der Waals surface area (Å²) in [5.74, 6) is -2.91. The zero-order chi connectivity index (χ0) is 61.9. The maximum atomic E-state index is 13.6. The number of carbonyl (C=O) groups is 2. The van der Waals surface area contributed by atoms with Crippen LogP contribution in [0.15, 0.2) is 117 Å². The second kappa shape index (κ2) is 27.4. The fourth-order valence-corrected chi connectivity index (χ4v) is 14.4. The van der Waals surface area contributed by atoms with E-state index in [0.29, 0.717) is 26.7 Å². The van der Waals surface area contributed by atoms with Gasteiger partial charge < -0.3 is 19.7 Å². The van der Waals surface area contributed by atoms with Gasteiger partial charge in [0.05, 0.1) is 42.8 Å². The van der Waals surface area contributed by atoms with Crippen LogP contribution in [0.1, 0.15) is 131 Å². The summed E-state index contributed by atoms with van der Waals surface area (Å²) in [5.41, 5.74) is 7.83. The van der Waals surface area contributed by atoms with E-state index < -0.39 is 82.3 Å². The van der Waals surface area contributed by atoms with E-state index in [2.05, 4.69) is 18.9 Å². The Hall–Kier alpha value is -5.66. The molecule has 0 fully saturated rings. The second-order valence-electron chi connectivity index (χ2n) is 21.1. The molecule has 1 aliphatic rings. The average molecular weight is 1280 g/mol. The van der Waals surface area contributed by atoms with Crippen molar-refractivity contribution in [2.45, 2.75) is 138 Å². The number of halogens is 4. The summed E-state index contributed by atoms with van der Waals surface area (Å²) in [6.45, 7) is 14.4. The van der Waals surface area contributed by atoms with Gasteiger partial charge in [0.2, 0.25) is 20.0 Å². The van der Waals surface area contributed by atoms with Crippen molar-refractivity contribution >= 4 is 74.5 Å². The molecule has 16 nitrogen and oxygen atoms in total. The molecule has 1 aliphatic heterocycles. The minimum Gasteiger partial charge on any atom is -0.395 e. The van der Waals surface area contributed by atoms with Crippen molar-refractivity contribution in [2.75, 3.05) is 25.6 Å². The highest BCUT2D eigenvalue weighted by molar-refractivity contribution is 7.92. The Labute approximate surface area is 501 Å². The fraction of sp³-hybridized carbons (Fsp3) is 0.367. The molecule has 0 radical (unpaired) electrons. The number of benzene rings is 6. The number of sulfone groups is 2. The van der Waals surface area contributed by atoms with Crippen molar-refractivity contribution in [3.05, 3.63) is 152 Å². The Bertz CT molecular complexity index is 3890. The Balaban J connectivity index is 0.000000305. The Morgan fingerprint density at radius 2 is 0.905 bits per heavy atom. The molecule has 456 valence electrons. The standard InChI is InChI=1S/C30H33F2NO8S2.C29H33Cl2NO6S2.CH4/c1-17(2)24-11-20(19-6-8-27-28(13-19)41-30(31,32)40-27)12-25(18(3)4)26(24)14-22(35)16-42(36,37)23-7-9-29(21(10-23)15-34)43(38,39)33-5;1-17(2)24-11-20(19-6-8-27(30)28(31)13-19)12-25(18(3)4)26(24)14-22(34)16-39(35,36)29-9-7-23(10-21(29)15-33)40(37,38)32-5;/h6-13,17-18,33-34H,14-16H2,1-5H3;6-13,17-18,32-33H,14-16H2,1-5H3;1H4. The van der Waals surface area contributed by atoms with Gasteiger partial charge in [-0.1, -0.05) is 122 Å². The van der Waals surface area contributed by atoms with Crippen LogP contribution in [0.2, 0.25) is 10.0 Å². The molecule has 0 spiro atoms. The van der Waals surface area contributed by atoms with Crippen molar-refractivity contribution in [2.24, 2.45) is 0 Å². The number of alkyl halides is 2. The monoisotopic (exact) mass is 1280 g/mol. The smallest absolute Gasteiger partial charge is 0.395 e. The third-order valence-electron chi connectivity index (χ3n) is 13.8. The molecular weight excluding hydrogens is 1210 g/mol. The van der Waals surface area contributed by atoms with Gasteiger partial charge in [-0.05, 0) is 165 Å². The zero-order valence-electron chi connectivity index (χ0n) is 47.2. The predicted octanol–water partition coefficient (Wildman–Crippen LogP) is 11.4. The van der Waals surface area contributed by atoms with E-state index in [1.54, 1.807) is 18.2 Å². The molecule has 0 aliphatic carbocycles. The number of nitrogens with one attached hydrogen (secondary N) is 2. The largest absolute Gasteiger partial charge is 0.586 e. The maximum Gasteiger partial charge on any atom is 0.586 e. The molecule has 7 rings (SSSR count). The van der Waals surface area contributed by atoms with Crippen molar-refractivity contribution in [1.82, 2.24) is 9.44 Å². The van der Waals surface area contributed by atoms with E-state index in [-0.39, 0.29) is 86.1 Å². The number of sulfonamides is 2. The SMILES string of the molecule is C.CNS(=O)(=O)c1ccc(S(=O)(=O)CC(=O)Cc2c(C(C)C)cc(-c3ccc(Cl)c(Cl)c3)cc2C(C)C)c(CO)c1.CNS(=O)(=O)c1ccc(S(=O)(=O)CC(=O)Cc2c(C(C)C)cc(-c3ccc4c(c3)OC(F)(F)O4)cc2C(C)C)cc1CO. The van der Waals surface area contributed by atoms with Crippen LogP contribution in [0.3, 0.4) is 0 Å². The molecular formula is C60H70Cl2F2N2O14S4. The van der Waals surface area contributed by atoms with E-state index >= 15 is 0 Å². The highest BCUT2D eigenvalue weighted by atomic mass is 35.5. The minimum atomic E-state index is -4.18. The molecule has 6 aromatic rings. The van der Waals surface area contributed by atoms with Gasteiger partial charge >= 0.3 is 6.29 Å². The van der Waals surface area contributed by atoms with Gasteiger partial charge in [-0.25, -0.2) is 43.1 Å². The van der Waals surface area contributed by atoms with Crippen molar-refractivity contribution in [3.8, 4) is 33.8 Å². The van der Waals surface area contributed by atoms with Crippen LogP contribution in [0.4, 0.5) is 8.78 Å². The first-order chi connectivity index (χ1) is 38.6. The zero-order valence-corrected chi connectivity index (χ0v) is 52.0. The lowest BCUT2D eigenvalue weighted by Crippen LogP contribution is -2.25. The molecule has 6 aromatic carbocycles. The number of hydrogen-bond donors (Lipinski definition) is 4. The molecule has 0 aromatic heterocycles. The fourth-order valence-electron chi connectivity index (χ4n) is 9.64. The van der Waals surface area contributed by atoms with Gasteiger partial charge in [0, 0.05) is 12.8 Å². The average Bonchev–Trinajstić information content (AvgIpc) is 1.67. The predicted molar refractivity (Wildman–Crippen MR) is 322 cm³/mol. The number of ether oxygens (including phenoxy) is 2. The topological polar surface area (TPSA) is 254 Å². The van der Waals surface area contributed by atoms with Crippen LogP contribution in [-0.2, 0) is 75.4 Å². The first-order valence-electron chi connectivity index (χ1n) is 26.1. The highest BCUT2D eigenvalue weighted by Gasteiger charge is 2.43. The van der Waals surface area contributed by atoms with E-state index in [1.165, 1.54) is 26.2 Å². The maximum absolute atomic E-state index is 13.6. The molecule has 4 N–H and O–H groups in total. The lowest BCUT2D eigenvalue weighted by Gasteiger charge is -2.22. The number of Topliss-reactive ketones (excluding diaryl/α,β-unsaturated/α-hetero) is 2. The molecule has 0 unspecified atom stereocenters. The highest BCUT2D eigenvalue weighted by Crippen LogP contribution is 2.44. The van der Waals surface area contributed by atoms with Gasteiger partial charge in [-0.15, -0.1) is 8.78 Å². The number of aliphatic hydroxyl groups is 2. The summed E-state index contributed by atoms with van der Waals surface area (Å²) in [6.07, 6.45) is -4.01. The molecule has 0 saturated carbocycles. The third-order valence-corrected chi connectivity index (χ3v) is 20.9. The number of carbonyl (C=O) groups excluding carboxylic acids is 2. The number of rotatable bonds is 22. The number of hydrogen-bond acceptors (Lipinski definition) is 14. The lowest BCUT2D eigenvalue weighted by molar-refractivity contribution is -0.286. The van der Waals surface area contributed by atoms with Crippen LogP contribution in [0.5, 0.6) is 11.5 Å². The summed E-state index contributed by atoms with van der Waals surface area (Å²) in [5, 5.41) is 20.3. The molecule has 84 heavy (non-hydrogen) atoms. The van der Waals surface area contributed by atoms with Crippen LogP contribution >= 0.6 is 23.2 Å². The van der Waals surface area contributed by atoms with Crippen LogP contribution < -0.4 is 18.9 Å².